The topological polar surface area (TPSA) is 24.5 Å². The molecule has 0 aromatic rings. The molecule has 3 heteroatoms. The highest BCUT2D eigenvalue weighted by Crippen LogP contribution is 2.31. The molecule has 2 aliphatic rings. The first-order valence-corrected chi connectivity index (χ1v) is 7.24. The number of hydrogen-bond donors (Lipinski definition) is 1. The van der Waals surface area contributed by atoms with Crippen LogP contribution in [0.1, 0.15) is 45.4 Å². The lowest BCUT2D eigenvalue weighted by atomic mass is 9.81. The van der Waals surface area contributed by atoms with Gasteiger partial charge < -0.3 is 10.1 Å². The molecule has 0 bridgehead atoms. The first-order valence-electron chi connectivity index (χ1n) is 7.24. The highest BCUT2D eigenvalue weighted by atomic mass is 16.5. The van der Waals surface area contributed by atoms with Gasteiger partial charge >= 0.3 is 0 Å². The van der Waals surface area contributed by atoms with Gasteiger partial charge in [0.1, 0.15) is 0 Å². The van der Waals surface area contributed by atoms with E-state index in [-0.39, 0.29) is 0 Å². The minimum Gasteiger partial charge on any atom is -0.383 e. The Hall–Kier alpha value is -0.120. The van der Waals surface area contributed by atoms with Gasteiger partial charge in [0.2, 0.25) is 0 Å². The zero-order valence-electron chi connectivity index (χ0n) is 11.5. The van der Waals surface area contributed by atoms with Gasteiger partial charge in [-0.1, -0.05) is 19.3 Å². The van der Waals surface area contributed by atoms with Crippen molar-refractivity contribution in [3.63, 3.8) is 0 Å². The fraction of sp³-hybridized carbons (Fsp3) is 1.00. The number of rotatable bonds is 3. The molecular formula is C14H28N2O. The molecule has 1 atom stereocenters. The van der Waals surface area contributed by atoms with Crippen molar-refractivity contribution < 1.29 is 4.74 Å². The molecule has 1 saturated heterocycles. The zero-order valence-corrected chi connectivity index (χ0v) is 11.5. The lowest BCUT2D eigenvalue weighted by Gasteiger charge is -2.41. The minimum absolute atomic E-state index is 0.413. The summed E-state index contributed by atoms with van der Waals surface area (Å²) in [6.45, 7) is 6.71. The molecule has 1 heterocycles. The average molecular weight is 240 g/mol. The van der Waals surface area contributed by atoms with Crippen LogP contribution in [0.2, 0.25) is 0 Å². The highest BCUT2D eigenvalue weighted by molar-refractivity contribution is 4.96. The van der Waals surface area contributed by atoms with E-state index in [9.17, 15) is 0 Å². The van der Waals surface area contributed by atoms with Gasteiger partial charge in [-0.15, -0.1) is 0 Å². The molecule has 1 N–H and O–H groups in total. The summed E-state index contributed by atoms with van der Waals surface area (Å²) in [5.41, 5.74) is 0.413. The van der Waals surface area contributed by atoms with Gasteiger partial charge in [0.15, 0.2) is 0 Å². The minimum atomic E-state index is 0.413. The van der Waals surface area contributed by atoms with Crippen molar-refractivity contribution in [1.82, 2.24) is 10.2 Å². The molecule has 1 aliphatic heterocycles. The second-order valence-corrected chi connectivity index (χ2v) is 5.87. The van der Waals surface area contributed by atoms with Crippen LogP contribution in [-0.4, -0.2) is 49.8 Å². The number of nitrogens with one attached hydrogen (secondary N) is 1. The highest BCUT2D eigenvalue weighted by Gasteiger charge is 2.36. The van der Waals surface area contributed by atoms with Gasteiger partial charge in [0.05, 0.1) is 6.61 Å². The van der Waals surface area contributed by atoms with Crippen molar-refractivity contribution in [3.05, 3.63) is 0 Å². The van der Waals surface area contributed by atoms with Crippen molar-refractivity contribution in [2.45, 2.75) is 57.0 Å². The van der Waals surface area contributed by atoms with Gasteiger partial charge in [0.25, 0.3) is 0 Å². The Labute approximate surface area is 106 Å². The molecule has 1 unspecified atom stereocenters. The monoisotopic (exact) mass is 240 g/mol. The molecule has 2 fully saturated rings. The van der Waals surface area contributed by atoms with Gasteiger partial charge in [-0.2, -0.15) is 0 Å². The van der Waals surface area contributed by atoms with E-state index in [1.54, 1.807) is 7.11 Å². The number of ether oxygens (including phenoxy) is 1. The molecule has 0 amide bonds. The summed E-state index contributed by atoms with van der Waals surface area (Å²) in [6.07, 6.45) is 8.23. The van der Waals surface area contributed by atoms with Crippen LogP contribution in [0.4, 0.5) is 0 Å². The number of methoxy groups -OCH3 is 1. The maximum absolute atomic E-state index is 5.25. The predicted molar refractivity (Wildman–Crippen MR) is 71.3 cm³/mol. The summed E-state index contributed by atoms with van der Waals surface area (Å²) < 4.78 is 5.25. The van der Waals surface area contributed by atoms with Crippen molar-refractivity contribution in [2.75, 3.05) is 33.4 Å². The van der Waals surface area contributed by atoms with E-state index >= 15 is 0 Å². The SMILES string of the molecule is COCCN1CC2(CCCCC2)NCCC1C. The van der Waals surface area contributed by atoms with Gasteiger partial charge in [0, 0.05) is 31.8 Å². The molecule has 1 aliphatic carbocycles. The summed E-state index contributed by atoms with van der Waals surface area (Å²) in [5.74, 6) is 0. The van der Waals surface area contributed by atoms with E-state index in [0.717, 1.165) is 13.2 Å². The van der Waals surface area contributed by atoms with Crippen LogP contribution < -0.4 is 5.32 Å². The van der Waals surface area contributed by atoms with E-state index in [1.807, 2.05) is 0 Å². The lowest BCUT2D eigenvalue weighted by molar-refractivity contribution is 0.0965. The third-order valence-corrected chi connectivity index (χ3v) is 4.58. The normalized spacial score (nSPS) is 30.4. The summed E-state index contributed by atoms with van der Waals surface area (Å²) in [5, 5.41) is 3.85. The van der Waals surface area contributed by atoms with Crippen molar-refractivity contribution in [3.8, 4) is 0 Å². The lowest BCUT2D eigenvalue weighted by Crippen LogP contribution is -2.53. The van der Waals surface area contributed by atoms with Crippen LogP contribution >= 0.6 is 0 Å². The molecule has 0 radical (unpaired) electrons. The summed E-state index contributed by atoms with van der Waals surface area (Å²) in [6, 6.07) is 0.693. The van der Waals surface area contributed by atoms with Gasteiger partial charge in [-0.25, -0.2) is 0 Å². The summed E-state index contributed by atoms with van der Waals surface area (Å²) >= 11 is 0. The van der Waals surface area contributed by atoms with E-state index in [2.05, 4.69) is 17.1 Å². The first-order chi connectivity index (χ1) is 8.26. The molecular weight excluding hydrogens is 212 g/mol. The third kappa shape index (κ3) is 3.43. The maximum atomic E-state index is 5.25. The van der Waals surface area contributed by atoms with Crippen LogP contribution in [0.5, 0.6) is 0 Å². The second-order valence-electron chi connectivity index (χ2n) is 5.87. The van der Waals surface area contributed by atoms with E-state index in [1.165, 1.54) is 51.6 Å². The summed E-state index contributed by atoms with van der Waals surface area (Å²) in [4.78, 5) is 2.63. The Balaban J connectivity index is 1.98. The fourth-order valence-electron chi connectivity index (χ4n) is 3.40. The van der Waals surface area contributed by atoms with Crippen molar-refractivity contribution in [2.24, 2.45) is 0 Å². The third-order valence-electron chi connectivity index (χ3n) is 4.58. The average Bonchev–Trinajstić information content (AvgIpc) is 2.48. The number of nitrogens with zero attached hydrogens (tertiary/aromatic N) is 1. The first kappa shape index (κ1) is 13.3. The molecule has 0 aromatic heterocycles. The maximum Gasteiger partial charge on any atom is 0.0589 e. The second kappa shape index (κ2) is 6.17. The molecule has 17 heavy (non-hydrogen) atoms. The Bertz CT molecular complexity index is 226. The van der Waals surface area contributed by atoms with Crippen molar-refractivity contribution in [1.29, 1.82) is 0 Å². The molecule has 0 aromatic carbocycles. The Kier molecular flexibility index (Phi) is 4.83. The predicted octanol–water partition coefficient (Wildman–Crippen LogP) is 2.02. The zero-order chi connectivity index (χ0) is 12.1. The molecule has 1 spiro atoms. The smallest absolute Gasteiger partial charge is 0.0589 e. The molecule has 100 valence electrons. The van der Waals surface area contributed by atoms with E-state index < -0.39 is 0 Å². The Morgan fingerprint density at radius 3 is 2.76 bits per heavy atom. The molecule has 2 rings (SSSR count). The Morgan fingerprint density at radius 2 is 2.06 bits per heavy atom. The molecule has 3 nitrogen and oxygen atoms in total. The quantitative estimate of drug-likeness (QED) is 0.817. The standard InChI is InChI=1S/C14H28N2O/c1-13-6-9-15-14(7-4-3-5-8-14)12-16(13)10-11-17-2/h13,15H,3-12H2,1-2H3. The Morgan fingerprint density at radius 1 is 1.29 bits per heavy atom. The summed E-state index contributed by atoms with van der Waals surface area (Å²) in [7, 11) is 1.80. The van der Waals surface area contributed by atoms with Crippen LogP contribution in [0, 0.1) is 0 Å². The largest absolute Gasteiger partial charge is 0.383 e. The van der Waals surface area contributed by atoms with Crippen molar-refractivity contribution >= 4 is 0 Å². The van der Waals surface area contributed by atoms with Crippen LogP contribution in [0.15, 0.2) is 0 Å². The molecule has 1 saturated carbocycles. The van der Waals surface area contributed by atoms with Gasteiger partial charge in [-0.3, -0.25) is 4.90 Å². The van der Waals surface area contributed by atoms with Crippen LogP contribution in [-0.2, 0) is 4.74 Å². The van der Waals surface area contributed by atoms with E-state index in [4.69, 9.17) is 4.74 Å². The van der Waals surface area contributed by atoms with Crippen LogP contribution in [0.3, 0.4) is 0 Å². The fourth-order valence-corrected chi connectivity index (χ4v) is 3.40. The number of hydrogen-bond acceptors (Lipinski definition) is 3. The van der Waals surface area contributed by atoms with Crippen LogP contribution in [0.25, 0.3) is 0 Å². The van der Waals surface area contributed by atoms with E-state index in [0.29, 0.717) is 11.6 Å². The van der Waals surface area contributed by atoms with Gasteiger partial charge in [-0.05, 0) is 32.7 Å².